The van der Waals surface area contributed by atoms with Crippen LogP contribution >= 0.6 is 0 Å². The predicted molar refractivity (Wildman–Crippen MR) is 72.1 cm³/mol. The van der Waals surface area contributed by atoms with Gasteiger partial charge in [0, 0.05) is 5.54 Å². The van der Waals surface area contributed by atoms with E-state index in [1.807, 2.05) is 0 Å². The molecule has 17 heavy (non-hydrogen) atoms. The molecular weight excluding hydrogens is 210 g/mol. The molecule has 1 saturated heterocycles. The Morgan fingerprint density at radius 3 is 2.00 bits per heavy atom. The Bertz CT molecular complexity index is 225. The lowest BCUT2D eigenvalue weighted by molar-refractivity contribution is -0.0520. The van der Waals surface area contributed by atoms with E-state index in [1.165, 1.54) is 51.6 Å². The van der Waals surface area contributed by atoms with Gasteiger partial charge in [-0.15, -0.1) is 0 Å². The van der Waals surface area contributed by atoms with E-state index in [0.29, 0.717) is 5.92 Å². The molecule has 0 bridgehead atoms. The van der Waals surface area contributed by atoms with Gasteiger partial charge in [-0.05, 0) is 44.7 Å². The van der Waals surface area contributed by atoms with E-state index in [2.05, 4.69) is 18.7 Å². The molecule has 100 valence electrons. The van der Waals surface area contributed by atoms with Crippen LogP contribution < -0.4 is 0 Å². The lowest BCUT2D eigenvalue weighted by Gasteiger charge is -2.45. The van der Waals surface area contributed by atoms with Crippen LogP contribution in [0.3, 0.4) is 0 Å². The molecule has 0 amide bonds. The second kappa shape index (κ2) is 5.71. The van der Waals surface area contributed by atoms with Crippen LogP contribution in [0.5, 0.6) is 0 Å². The summed E-state index contributed by atoms with van der Waals surface area (Å²) in [5.41, 5.74) is 0.146. The highest BCUT2D eigenvalue weighted by molar-refractivity contribution is 5.03. The highest BCUT2D eigenvalue weighted by atomic mass is 16.3. The van der Waals surface area contributed by atoms with Crippen LogP contribution in [-0.2, 0) is 0 Å². The molecular formula is C15H29NO. The molecule has 0 aromatic carbocycles. The van der Waals surface area contributed by atoms with E-state index in [4.69, 9.17) is 0 Å². The summed E-state index contributed by atoms with van der Waals surface area (Å²) in [6.45, 7) is 6.89. The molecule has 1 aliphatic carbocycles. The monoisotopic (exact) mass is 239 g/mol. The zero-order valence-corrected chi connectivity index (χ0v) is 11.6. The topological polar surface area (TPSA) is 23.5 Å². The number of hydrogen-bond donors (Lipinski definition) is 1. The minimum Gasteiger partial charge on any atom is -0.391 e. The Morgan fingerprint density at radius 1 is 1.00 bits per heavy atom. The molecule has 1 aliphatic heterocycles. The van der Waals surface area contributed by atoms with Gasteiger partial charge in [0.1, 0.15) is 0 Å². The normalized spacial score (nSPS) is 26.8. The summed E-state index contributed by atoms with van der Waals surface area (Å²) in [4.78, 5) is 2.63. The molecule has 1 N–H and O–H groups in total. The first-order valence-corrected chi connectivity index (χ1v) is 7.67. The largest absolute Gasteiger partial charge is 0.391 e. The Labute approximate surface area is 106 Å². The maximum Gasteiger partial charge on any atom is 0.0751 e. The van der Waals surface area contributed by atoms with Gasteiger partial charge in [-0.2, -0.15) is 0 Å². The molecule has 0 aromatic heterocycles. The van der Waals surface area contributed by atoms with E-state index in [1.54, 1.807) is 0 Å². The van der Waals surface area contributed by atoms with Crippen LogP contribution in [0, 0.1) is 5.92 Å². The number of hydrogen-bond acceptors (Lipinski definition) is 2. The fourth-order valence-corrected chi connectivity index (χ4v) is 4.12. The Kier molecular flexibility index (Phi) is 4.48. The third kappa shape index (κ3) is 2.39. The van der Waals surface area contributed by atoms with Gasteiger partial charge in [-0.25, -0.2) is 0 Å². The maximum absolute atomic E-state index is 10.9. The highest BCUT2D eigenvalue weighted by Gasteiger charge is 2.47. The maximum atomic E-state index is 10.9. The zero-order valence-electron chi connectivity index (χ0n) is 11.6. The zero-order chi connectivity index (χ0) is 12.3. The van der Waals surface area contributed by atoms with Gasteiger partial charge < -0.3 is 5.11 Å². The van der Waals surface area contributed by atoms with Crippen molar-refractivity contribution in [3.63, 3.8) is 0 Å². The summed E-state index contributed by atoms with van der Waals surface area (Å²) in [6, 6.07) is 0. The van der Waals surface area contributed by atoms with E-state index >= 15 is 0 Å². The molecule has 2 aliphatic rings. The van der Waals surface area contributed by atoms with Crippen molar-refractivity contribution in [2.24, 2.45) is 5.92 Å². The minimum absolute atomic E-state index is 0.0990. The molecule has 1 atom stereocenters. The Balaban J connectivity index is 2.14. The third-order valence-electron chi connectivity index (χ3n) is 5.25. The lowest BCUT2D eigenvalue weighted by atomic mass is 9.79. The summed E-state index contributed by atoms with van der Waals surface area (Å²) >= 11 is 0. The lowest BCUT2D eigenvalue weighted by Crippen LogP contribution is -2.56. The van der Waals surface area contributed by atoms with Crippen molar-refractivity contribution >= 4 is 0 Å². The number of rotatable bonds is 5. The van der Waals surface area contributed by atoms with E-state index in [0.717, 1.165) is 12.8 Å². The van der Waals surface area contributed by atoms with Gasteiger partial charge in [-0.1, -0.05) is 39.5 Å². The van der Waals surface area contributed by atoms with E-state index in [9.17, 15) is 5.11 Å². The number of aliphatic hydroxyl groups is 1. The van der Waals surface area contributed by atoms with E-state index in [-0.39, 0.29) is 11.6 Å². The standard InChI is InChI=1S/C15H29NO/c1-3-13(4-2)14(17)15(9-5-6-10-15)16-11-7-8-12-16/h13-14,17H,3-12H2,1-2H3. The first kappa shape index (κ1) is 13.4. The number of aliphatic hydroxyl groups excluding tert-OH is 1. The second-order valence-corrected chi connectivity index (χ2v) is 6.03. The summed E-state index contributed by atoms with van der Waals surface area (Å²) in [5, 5.41) is 10.9. The van der Waals surface area contributed by atoms with Gasteiger partial charge in [0.25, 0.3) is 0 Å². The van der Waals surface area contributed by atoms with Crippen molar-refractivity contribution < 1.29 is 5.11 Å². The van der Waals surface area contributed by atoms with Crippen molar-refractivity contribution in [2.45, 2.75) is 76.9 Å². The average Bonchev–Trinajstić information content (AvgIpc) is 3.02. The van der Waals surface area contributed by atoms with Gasteiger partial charge in [0.15, 0.2) is 0 Å². The number of nitrogens with zero attached hydrogens (tertiary/aromatic N) is 1. The SMILES string of the molecule is CCC(CC)C(O)C1(N2CCCC2)CCCC1. The smallest absolute Gasteiger partial charge is 0.0751 e. The second-order valence-electron chi connectivity index (χ2n) is 6.03. The first-order valence-electron chi connectivity index (χ1n) is 7.67. The highest BCUT2D eigenvalue weighted by Crippen LogP contribution is 2.43. The summed E-state index contributed by atoms with van der Waals surface area (Å²) in [7, 11) is 0. The van der Waals surface area contributed by atoms with Crippen molar-refractivity contribution in [3.8, 4) is 0 Å². The summed E-state index contributed by atoms with van der Waals surface area (Å²) in [6.07, 6.45) is 9.88. The summed E-state index contributed by atoms with van der Waals surface area (Å²) in [5.74, 6) is 0.494. The first-order chi connectivity index (χ1) is 8.24. The Morgan fingerprint density at radius 2 is 1.53 bits per heavy atom. The quantitative estimate of drug-likeness (QED) is 0.796. The van der Waals surface area contributed by atoms with Gasteiger partial charge in [-0.3, -0.25) is 4.90 Å². The van der Waals surface area contributed by atoms with Crippen molar-refractivity contribution in [2.75, 3.05) is 13.1 Å². The van der Waals surface area contributed by atoms with Crippen LogP contribution in [-0.4, -0.2) is 34.7 Å². The predicted octanol–water partition coefficient (Wildman–Crippen LogP) is 3.19. The number of likely N-dealkylation sites (tertiary alicyclic amines) is 1. The molecule has 1 saturated carbocycles. The molecule has 2 fully saturated rings. The third-order valence-corrected chi connectivity index (χ3v) is 5.25. The fourth-order valence-electron chi connectivity index (χ4n) is 4.12. The molecule has 2 heteroatoms. The van der Waals surface area contributed by atoms with Crippen molar-refractivity contribution in [1.29, 1.82) is 0 Å². The molecule has 1 unspecified atom stereocenters. The van der Waals surface area contributed by atoms with E-state index < -0.39 is 0 Å². The molecule has 1 heterocycles. The van der Waals surface area contributed by atoms with Crippen LogP contribution in [0.2, 0.25) is 0 Å². The molecule has 0 aromatic rings. The molecule has 0 radical (unpaired) electrons. The van der Waals surface area contributed by atoms with Crippen LogP contribution in [0.1, 0.15) is 65.2 Å². The fraction of sp³-hybridized carbons (Fsp3) is 1.00. The molecule has 2 nitrogen and oxygen atoms in total. The van der Waals surface area contributed by atoms with Crippen LogP contribution in [0.25, 0.3) is 0 Å². The summed E-state index contributed by atoms with van der Waals surface area (Å²) < 4.78 is 0. The molecule has 0 spiro atoms. The van der Waals surface area contributed by atoms with Crippen LogP contribution in [0.4, 0.5) is 0 Å². The van der Waals surface area contributed by atoms with Gasteiger partial charge in [0.2, 0.25) is 0 Å². The average molecular weight is 239 g/mol. The van der Waals surface area contributed by atoms with Gasteiger partial charge >= 0.3 is 0 Å². The van der Waals surface area contributed by atoms with Gasteiger partial charge in [0.05, 0.1) is 6.10 Å². The van der Waals surface area contributed by atoms with Crippen molar-refractivity contribution in [3.05, 3.63) is 0 Å². The van der Waals surface area contributed by atoms with Crippen LogP contribution in [0.15, 0.2) is 0 Å². The van der Waals surface area contributed by atoms with Crippen molar-refractivity contribution in [1.82, 2.24) is 4.90 Å². The Hall–Kier alpha value is -0.0800. The molecule has 2 rings (SSSR count). The minimum atomic E-state index is -0.0990.